The Bertz CT molecular complexity index is 517. The molecule has 0 bridgehead atoms. The number of aryl methyl sites for hydroxylation is 1. The molecule has 1 atom stereocenters. The molecule has 0 aliphatic heterocycles. The van der Waals surface area contributed by atoms with E-state index in [4.69, 9.17) is 10.2 Å². The van der Waals surface area contributed by atoms with Gasteiger partial charge in [0.15, 0.2) is 11.5 Å². The van der Waals surface area contributed by atoms with Crippen molar-refractivity contribution in [1.29, 1.82) is 0 Å². The molecule has 1 unspecified atom stereocenters. The topological polar surface area (TPSA) is 64.1 Å². The smallest absolute Gasteiger partial charge is 0.192 e. The first kappa shape index (κ1) is 14.0. The van der Waals surface area contributed by atoms with Gasteiger partial charge in [-0.05, 0) is 49.7 Å². The van der Waals surface area contributed by atoms with Gasteiger partial charge in [-0.3, -0.25) is 0 Å². The molecule has 4 heteroatoms. The summed E-state index contributed by atoms with van der Waals surface area (Å²) in [7, 11) is 0. The fourth-order valence-electron chi connectivity index (χ4n) is 2.17. The summed E-state index contributed by atoms with van der Waals surface area (Å²) in [6, 6.07) is 6.22. The van der Waals surface area contributed by atoms with Crippen molar-refractivity contribution in [3.8, 4) is 0 Å². The first-order chi connectivity index (χ1) is 9.22. The molecule has 2 aromatic rings. The number of hydrogen-bond acceptors (Lipinski definition) is 4. The Balaban J connectivity index is 1.84. The van der Waals surface area contributed by atoms with Gasteiger partial charge >= 0.3 is 0 Å². The molecule has 0 aliphatic carbocycles. The SMILES string of the molecule is CCC(CN)CNCCc1ccc2nc(C)oc2c1. The van der Waals surface area contributed by atoms with E-state index in [2.05, 4.69) is 29.4 Å². The van der Waals surface area contributed by atoms with Crippen LogP contribution in [0, 0.1) is 12.8 Å². The van der Waals surface area contributed by atoms with Crippen molar-refractivity contribution in [1.82, 2.24) is 10.3 Å². The number of hydrogen-bond donors (Lipinski definition) is 2. The highest BCUT2D eigenvalue weighted by atomic mass is 16.3. The maximum absolute atomic E-state index is 5.68. The Kier molecular flexibility index (Phi) is 4.93. The highest BCUT2D eigenvalue weighted by molar-refractivity contribution is 5.73. The van der Waals surface area contributed by atoms with Crippen molar-refractivity contribution in [3.63, 3.8) is 0 Å². The second-order valence-electron chi connectivity index (χ2n) is 5.00. The second kappa shape index (κ2) is 6.68. The van der Waals surface area contributed by atoms with Crippen molar-refractivity contribution in [2.75, 3.05) is 19.6 Å². The molecule has 0 spiro atoms. The van der Waals surface area contributed by atoms with Crippen LogP contribution in [0.25, 0.3) is 11.1 Å². The molecule has 0 aliphatic rings. The van der Waals surface area contributed by atoms with Crippen molar-refractivity contribution < 1.29 is 4.42 Å². The minimum absolute atomic E-state index is 0.583. The average molecular weight is 261 g/mol. The van der Waals surface area contributed by atoms with E-state index in [1.807, 2.05) is 13.0 Å². The van der Waals surface area contributed by atoms with Crippen molar-refractivity contribution >= 4 is 11.1 Å². The Hall–Kier alpha value is -1.39. The van der Waals surface area contributed by atoms with Crippen molar-refractivity contribution in [2.24, 2.45) is 11.7 Å². The molecular weight excluding hydrogens is 238 g/mol. The summed E-state index contributed by atoms with van der Waals surface area (Å²) in [6.45, 7) is 6.77. The molecule has 0 saturated carbocycles. The van der Waals surface area contributed by atoms with Gasteiger partial charge in [-0.15, -0.1) is 0 Å². The predicted molar refractivity (Wildman–Crippen MR) is 78.2 cm³/mol. The number of nitrogens with zero attached hydrogens (tertiary/aromatic N) is 1. The lowest BCUT2D eigenvalue weighted by atomic mass is 10.1. The van der Waals surface area contributed by atoms with Gasteiger partial charge in [0.1, 0.15) is 5.52 Å². The van der Waals surface area contributed by atoms with Gasteiger partial charge in [-0.1, -0.05) is 19.4 Å². The van der Waals surface area contributed by atoms with E-state index in [-0.39, 0.29) is 0 Å². The molecule has 3 N–H and O–H groups in total. The molecule has 0 amide bonds. The summed E-state index contributed by atoms with van der Waals surface area (Å²) in [5.74, 6) is 1.30. The van der Waals surface area contributed by atoms with E-state index in [0.717, 1.165) is 49.5 Å². The van der Waals surface area contributed by atoms with Crippen LogP contribution < -0.4 is 11.1 Å². The summed E-state index contributed by atoms with van der Waals surface area (Å²) >= 11 is 0. The van der Waals surface area contributed by atoms with Crippen molar-refractivity contribution in [2.45, 2.75) is 26.7 Å². The van der Waals surface area contributed by atoms with Gasteiger partial charge in [-0.2, -0.15) is 0 Å². The molecule has 1 aromatic carbocycles. The molecule has 1 aromatic heterocycles. The highest BCUT2D eigenvalue weighted by Crippen LogP contribution is 2.16. The zero-order chi connectivity index (χ0) is 13.7. The van der Waals surface area contributed by atoms with Crippen LogP contribution in [0.3, 0.4) is 0 Å². The summed E-state index contributed by atoms with van der Waals surface area (Å²) < 4.78 is 5.54. The monoisotopic (exact) mass is 261 g/mol. The zero-order valence-corrected chi connectivity index (χ0v) is 11.8. The molecule has 0 fully saturated rings. The fourth-order valence-corrected chi connectivity index (χ4v) is 2.17. The quantitative estimate of drug-likeness (QED) is 0.750. The number of nitrogens with two attached hydrogens (primary N) is 1. The summed E-state index contributed by atoms with van der Waals surface area (Å²) in [6.07, 6.45) is 2.13. The van der Waals surface area contributed by atoms with Crippen LogP contribution in [0.1, 0.15) is 24.8 Å². The fraction of sp³-hybridized carbons (Fsp3) is 0.533. The summed E-state index contributed by atoms with van der Waals surface area (Å²) in [4.78, 5) is 4.30. The third-order valence-corrected chi connectivity index (χ3v) is 3.49. The normalized spacial score (nSPS) is 13.0. The largest absolute Gasteiger partial charge is 0.441 e. The Morgan fingerprint density at radius 1 is 1.42 bits per heavy atom. The standard InChI is InChI=1S/C15H23N3O/c1-3-12(9-16)10-17-7-6-13-4-5-14-15(8-13)19-11(2)18-14/h4-5,8,12,17H,3,6-7,9-10,16H2,1-2H3. The lowest BCUT2D eigenvalue weighted by Crippen LogP contribution is -2.29. The number of aromatic nitrogens is 1. The van der Waals surface area contributed by atoms with Gasteiger partial charge in [0.25, 0.3) is 0 Å². The first-order valence-electron chi connectivity index (χ1n) is 6.99. The third-order valence-electron chi connectivity index (χ3n) is 3.49. The van der Waals surface area contributed by atoms with Crippen molar-refractivity contribution in [3.05, 3.63) is 29.7 Å². The van der Waals surface area contributed by atoms with Gasteiger partial charge in [0.2, 0.25) is 0 Å². The van der Waals surface area contributed by atoms with Crippen LogP contribution in [0.2, 0.25) is 0 Å². The van der Waals surface area contributed by atoms with E-state index in [1.54, 1.807) is 0 Å². The molecule has 4 nitrogen and oxygen atoms in total. The maximum atomic E-state index is 5.68. The minimum atomic E-state index is 0.583. The molecule has 2 rings (SSSR count). The van der Waals surface area contributed by atoms with Crippen LogP contribution in [0.5, 0.6) is 0 Å². The van der Waals surface area contributed by atoms with E-state index in [1.165, 1.54) is 5.56 Å². The van der Waals surface area contributed by atoms with E-state index < -0.39 is 0 Å². The lowest BCUT2D eigenvalue weighted by Gasteiger charge is -2.12. The lowest BCUT2D eigenvalue weighted by molar-refractivity contribution is 0.473. The molecule has 0 saturated heterocycles. The summed E-state index contributed by atoms with van der Waals surface area (Å²) in [5, 5.41) is 3.46. The van der Waals surface area contributed by atoms with Crippen LogP contribution in [-0.2, 0) is 6.42 Å². The van der Waals surface area contributed by atoms with Gasteiger partial charge < -0.3 is 15.5 Å². The number of fused-ring (bicyclic) bond motifs is 1. The van der Waals surface area contributed by atoms with Crippen LogP contribution in [-0.4, -0.2) is 24.6 Å². The molecule has 0 radical (unpaired) electrons. The van der Waals surface area contributed by atoms with Crippen LogP contribution in [0.4, 0.5) is 0 Å². The van der Waals surface area contributed by atoms with Gasteiger partial charge in [0, 0.05) is 6.92 Å². The molecule has 104 valence electrons. The maximum Gasteiger partial charge on any atom is 0.192 e. The van der Waals surface area contributed by atoms with Crippen LogP contribution >= 0.6 is 0 Å². The Morgan fingerprint density at radius 3 is 3.00 bits per heavy atom. The Labute approximate surface area is 114 Å². The second-order valence-corrected chi connectivity index (χ2v) is 5.00. The zero-order valence-electron chi connectivity index (χ0n) is 11.8. The number of oxazole rings is 1. The highest BCUT2D eigenvalue weighted by Gasteiger charge is 2.04. The van der Waals surface area contributed by atoms with Crippen LogP contribution in [0.15, 0.2) is 22.6 Å². The third kappa shape index (κ3) is 3.78. The molecule has 19 heavy (non-hydrogen) atoms. The minimum Gasteiger partial charge on any atom is -0.441 e. The van der Waals surface area contributed by atoms with E-state index in [9.17, 15) is 0 Å². The summed E-state index contributed by atoms with van der Waals surface area (Å²) in [5.41, 5.74) is 8.77. The number of benzene rings is 1. The Morgan fingerprint density at radius 2 is 2.26 bits per heavy atom. The number of nitrogens with one attached hydrogen (secondary N) is 1. The van der Waals surface area contributed by atoms with E-state index >= 15 is 0 Å². The molecular formula is C15H23N3O. The number of rotatable bonds is 7. The predicted octanol–water partition coefficient (Wildman–Crippen LogP) is 2.25. The van der Waals surface area contributed by atoms with Gasteiger partial charge in [0.05, 0.1) is 0 Å². The van der Waals surface area contributed by atoms with Gasteiger partial charge in [-0.25, -0.2) is 4.98 Å². The average Bonchev–Trinajstić information content (AvgIpc) is 2.78. The first-order valence-corrected chi connectivity index (χ1v) is 6.99. The molecule has 1 heterocycles. The van der Waals surface area contributed by atoms with E-state index in [0.29, 0.717) is 5.92 Å².